The summed E-state index contributed by atoms with van der Waals surface area (Å²) in [6.45, 7) is 0.909. The molecule has 0 unspecified atom stereocenters. The van der Waals surface area contributed by atoms with Crippen LogP contribution in [0.25, 0.3) is 0 Å². The smallest absolute Gasteiger partial charge is 0.317 e. The number of carbonyl (C=O) groups excluding carboxylic acids is 1. The van der Waals surface area contributed by atoms with Gasteiger partial charge in [-0.15, -0.1) is 0 Å². The Morgan fingerprint density at radius 3 is 2.09 bits per heavy atom. The number of nitrogens with one attached hydrogen (secondary N) is 1. The average Bonchev–Trinajstić information content (AvgIpc) is 2.54. The van der Waals surface area contributed by atoms with Gasteiger partial charge in [-0.25, -0.2) is 9.18 Å². The van der Waals surface area contributed by atoms with Crippen LogP contribution >= 0.6 is 0 Å². The van der Waals surface area contributed by atoms with Crippen LogP contribution in [0, 0.1) is 5.82 Å². The molecule has 0 fully saturated rings. The fourth-order valence-electron chi connectivity index (χ4n) is 2.16. The van der Waals surface area contributed by atoms with Crippen molar-refractivity contribution < 1.29 is 9.18 Å². The maximum Gasteiger partial charge on any atom is 0.317 e. The molecule has 122 valence electrons. The van der Waals surface area contributed by atoms with E-state index in [0.29, 0.717) is 13.1 Å². The van der Waals surface area contributed by atoms with Crippen LogP contribution in [0.4, 0.5) is 14.9 Å². The standard InChI is InChI=1S/C18H22FN3O/c1-21(2)17-10-6-15(7-11-17)13-22(3)18(23)20-12-14-4-8-16(19)9-5-14/h4-11H,12-13H2,1-3H3,(H,20,23). The van der Waals surface area contributed by atoms with E-state index in [9.17, 15) is 9.18 Å². The monoisotopic (exact) mass is 315 g/mol. The molecule has 0 atom stereocenters. The predicted octanol–water partition coefficient (Wildman–Crippen LogP) is 3.23. The highest BCUT2D eigenvalue weighted by Gasteiger charge is 2.09. The fourth-order valence-corrected chi connectivity index (χ4v) is 2.16. The number of anilines is 1. The molecule has 0 saturated heterocycles. The number of urea groups is 1. The second-order valence-electron chi connectivity index (χ2n) is 5.70. The maximum atomic E-state index is 12.8. The van der Waals surface area contributed by atoms with Crippen molar-refractivity contribution >= 4 is 11.7 Å². The molecule has 0 aliphatic carbocycles. The lowest BCUT2D eigenvalue weighted by Crippen LogP contribution is -2.36. The second kappa shape index (κ2) is 7.63. The van der Waals surface area contributed by atoms with E-state index in [-0.39, 0.29) is 11.8 Å². The molecule has 0 aliphatic rings. The SMILES string of the molecule is CN(Cc1ccc(N(C)C)cc1)C(=O)NCc1ccc(F)cc1. The van der Waals surface area contributed by atoms with Crippen LogP contribution in [0.1, 0.15) is 11.1 Å². The third-order valence-corrected chi connectivity index (χ3v) is 3.58. The molecule has 0 bridgehead atoms. The molecule has 2 rings (SSSR count). The van der Waals surface area contributed by atoms with E-state index in [1.54, 1.807) is 24.1 Å². The lowest BCUT2D eigenvalue weighted by molar-refractivity contribution is 0.206. The summed E-state index contributed by atoms with van der Waals surface area (Å²) in [5.41, 5.74) is 3.05. The number of benzene rings is 2. The van der Waals surface area contributed by atoms with Crippen molar-refractivity contribution in [1.82, 2.24) is 10.2 Å². The largest absolute Gasteiger partial charge is 0.378 e. The number of rotatable bonds is 5. The van der Waals surface area contributed by atoms with Crippen LogP contribution in [-0.4, -0.2) is 32.1 Å². The molecule has 0 spiro atoms. The van der Waals surface area contributed by atoms with Crippen LogP contribution in [0.5, 0.6) is 0 Å². The summed E-state index contributed by atoms with van der Waals surface area (Å²) in [6.07, 6.45) is 0. The Hall–Kier alpha value is -2.56. The van der Waals surface area contributed by atoms with Gasteiger partial charge < -0.3 is 15.1 Å². The van der Waals surface area contributed by atoms with Crippen LogP contribution < -0.4 is 10.2 Å². The van der Waals surface area contributed by atoms with Gasteiger partial charge in [0.25, 0.3) is 0 Å². The lowest BCUT2D eigenvalue weighted by Gasteiger charge is -2.19. The Balaban J connectivity index is 1.85. The van der Waals surface area contributed by atoms with Gasteiger partial charge in [-0.2, -0.15) is 0 Å². The molecule has 2 aromatic carbocycles. The molecule has 23 heavy (non-hydrogen) atoms. The number of carbonyl (C=O) groups is 1. The van der Waals surface area contributed by atoms with E-state index in [4.69, 9.17) is 0 Å². The van der Waals surface area contributed by atoms with E-state index in [1.807, 2.05) is 43.3 Å². The first-order valence-corrected chi connectivity index (χ1v) is 7.45. The maximum absolute atomic E-state index is 12.8. The molecule has 0 heterocycles. The zero-order valence-electron chi connectivity index (χ0n) is 13.7. The van der Waals surface area contributed by atoms with E-state index < -0.39 is 0 Å². The van der Waals surface area contributed by atoms with Gasteiger partial charge in [-0.3, -0.25) is 0 Å². The molecule has 0 radical (unpaired) electrons. The molecule has 4 nitrogen and oxygen atoms in total. The molecule has 2 amide bonds. The Bertz CT molecular complexity index is 638. The molecule has 5 heteroatoms. The Morgan fingerprint density at radius 2 is 1.52 bits per heavy atom. The minimum atomic E-state index is -0.279. The van der Waals surface area contributed by atoms with E-state index >= 15 is 0 Å². The van der Waals surface area contributed by atoms with Crippen molar-refractivity contribution in [2.75, 3.05) is 26.0 Å². The molecular formula is C18H22FN3O. The number of halogens is 1. The van der Waals surface area contributed by atoms with Gasteiger partial charge in [0, 0.05) is 39.9 Å². The molecule has 0 saturated carbocycles. The normalized spacial score (nSPS) is 10.3. The second-order valence-corrected chi connectivity index (χ2v) is 5.70. The molecule has 1 N–H and O–H groups in total. The third-order valence-electron chi connectivity index (χ3n) is 3.58. The van der Waals surface area contributed by atoms with Crippen molar-refractivity contribution in [3.63, 3.8) is 0 Å². The Morgan fingerprint density at radius 1 is 0.957 bits per heavy atom. The summed E-state index contributed by atoms with van der Waals surface area (Å²) in [4.78, 5) is 15.7. The van der Waals surface area contributed by atoms with Gasteiger partial charge >= 0.3 is 6.03 Å². The van der Waals surface area contributed by atoms with Crippen LogP contribution in [0.3, 0.4) is 0 Å². The Labute approximate surface area is 136 Å². The minimum absolute atomic E-state index is 0.161. The summed E-state index contributed by atoms with van der Waals surface area (Å²) >= 11 is 0. The summed E-state index contributed by atoms with van der Waals surface area (Å²) in [6, 6.07) is 14.0. The zero-order valence-corrected chi connectivity index (χ0v) is 13.7. The van der Waals surface area contributed by atoms with Gasteiger partial charge in [-0.05, 0) is 35.4 Å². The first kappa shape index (κ1) is 16.8. The Kier molecular flexibility index (Phi) is 5.57. The van der Waals surface area contributed by atoms with Crippen LogP contribution in [0.15, 0.2) is 48.5 Å². The highest BCUT2D eigenvalue weighted by atomic mass is 19.1. The van der Waals surface area contributed by atoms with Crippen LogP contribution in [0.2, 0.25) is 0 Å². The fraction of sp³-hybridized carbons (Fsp3) is 0.278. The van der Waals surface area contributed by atoms with Crippen molar-refractivity contribution in [2.45, 2.75) is 13.1 Å². The first-order chi connectivity index (χ1) is 11.0. The third kappa shape index (κ3) is 4.98. The zero-order chi connectivity index (χ0) is 16.8. The van der Waals surface area contributed by atoms with Crippen molar-refractivity contribution in [1.29, 1.82) is 0 Å². The van der Waals surface area contributed by atoms with Crippen molar-refractivity contribution in [2.24, 2.45) is 0 Å². The van der Waals surface area contributed by atoms with Crippen LogP contribution in [-0.2, 0) is 13.1 Å². The molecular weight excluding hydrogens is 293 g/mol. The van der Waals surface area contributed by atoms with Gasteiger partial charge in [0.2, 0.25) is 0 Å². The topological polar surface area (TPSA) is 35.6 Å². The van der Waals surface area contributed by atoms with Gasteiger partial charge in [0.05, 0.1) is 0 Å². The van der Waals surface area contributed by atoms with Crippen molar-refractivity contribution in [3.8, 4) is 0 Å². The summed E-state index contributed by atoms with van der Waals surface area (Å²) in [7, 11) is 5.73. The van der Waals surface area contributed by atoms with Gasteiger partial charge in [0.1, 0.15) is 5.82 Å². The lowest BCUT2D eigenvalue weighted by atomic mass is 10.2. The quantitative estimate of drug-likeness (QED) is 0.919. The molecule has 0 aliphatic heterocycles. The first-order valence-electron chi connectivity index (χ1n) is 7.45. The highest BCUT2D eigenvalue weighted by molar-refractivity contribution is 5.73. The highest BCUT2D eigenvalue weighted by Crippen LogP contribution is 2.13. The summed E-state index contributed by atoms with van der Waals surface area (Å²) in [5, 5.41) is 2.82. The molecule has 0 aromatic heterocycles. The number of amides is 2. The predicted molar refractivity (Wildman–Crippen MR) is 90.9 cm³/mol. The number of hydrogen-bond acceptors (Lipinski definition) is 2. The summed E-state index contributed by atoms with van der Waals surface area (Å²) in [5.74, 6) is -0.279. The number of nitrogens with zero attached hydrogens (tertiary/aromatic N) is 2. The minimum Gasteiger partial charge on any atom is -0.378 e. The number of hydrogen-bond donors (Lipinski definition) is 1. The summed E-state index contributed by atoms with van der Waals surface area (Å²) < 4.78 is 12.8. The van der Waals surface area contributed by atoms with E-state index in [2.05, 4.69) is 5.32 Å². The van der Waals surface area contributed by atoms with E-state index in [0.717, 1.165) is 16.8 Å². The van der Waals surface area contributed by atoms with Gasteiger partial charge in [0.15, 0.2) is 0 Å². The van der Waals surface area contributed by atoms with Gasteiger partial charge in [-0.1, -0.05) is 24.3 Å². The van der Waals surface area contributed by atoms with Crippen molar-refractivity contribution in [3.05, 3.63) is 65.5 Å². The van der Waals surface area contributed by atoms with E-state index in [1.165, 1.54) is 12.1 Å². The average molecular weight is 315 g/mol. The molecule has 2 aromatic rings.